The molecule has 0 aromatic rings. The third-order valence-electron chi connectivity index (χ3n) is 3.57. The topological polar surface area (TPSA) is 166 Å². The summed E-state index contributed by atoms with van der Waals surface area (Å²) in [5.74, 6) is 2.13. The number of thioether (sulfide) groups is 1. The minimum atomic E-state index is -4.78. The molecule has 0 spiro atoms. The van der Waals surface area contributed by atoms with Crippen LogP contribution in [-0.4, -0.2) is 89.9 Å². The first-order valence-electron chi connectivity index (χ1n) is 7.88. The van der Waals surface area contributed by atoms with Gasteiger partial charge < -0.3 is 0 Å². The minimum absolute atomic E-state index is 0.133. The van der Waals surface area contributed by atoms with E-state index in [1.165, 1.54) is 0 Å². The van der Waals surface area contributed by atoms with Crippen LogP contribution in [0.3, 0.4) is 0 Å². The van der Waals surface area contributed by atoms with E-state index in [1.807, 2.05) is 0 Å². The van der Waals surface area contributed by atoms with Crippen molar-refractivity contribution in [2.45, 2.75) is 66.7 Å². The van der Waals surface area contributed by atoms with Gasteiger partial charge >= 0.3 is 163 Å². The second-order valence-electron chi connectivity index (χ2n) is 5.61. The van der Waals surface area contributed by atoms with Crippen LogP contribution in [-0.2, 0) is 19.4 Å². The Kier molecular flexibility index (Phi) is 10.9. The molecule has 0 bridgehead atoms. The molecule has 154 valence electrons. The number of oxime groups is 1. The van der Waals surface area contributed by atoms with Gasteiger partial charge in [0.15, 0.2) is 0 Å². The van der Waals surface area contributed by atoms with Gasteiger partial charge in [0.1, 0.15) is 0 Å². The Morgan fingerprint density at radius 1 is 1.19 bits per heavy atom. The molecule has 0 saturated carbocycles. The molecule has 1 rings (SSSR count). The van der Waals surface area contributed by atoms with Gasteiger partial charge in [-0.05, 0) is 0 Å². The van der Waals surface area contributed by atoms with E-state index in [9.17, 15) is 28.8 Å². The van der Waals surface area contributed by atoms with Crippen LogP contribution in [0.25, 0.3) is 0 Å². The molecular weight excluding hydrogens is 457 g/mol. The average Bonchev–Trinajstić information content (AvgIpc) is 2.58. The van der Waals surface area contributed by atoms with E-state index >= 15 is 0 Å². The summed E-state index contributed by atoms with van der Waals surface area (Å²) in [6, 6.07) is 0. The number of hydrogen-bond acceptors (Lipinski definition) is 10. The predicted octanol–water partition coefficient (Wildman–Crippen LogP) is -0.617. The summed E-state index contributed by atoms with van der Waals surface area (Å²) < 4.78 is 39.5. The van der Waals surface area contributed by atoms with Gasteiger partial charge in [-0.25, -0.2) is 0 Å². The Bertz CT molecular complexity index is 546. The fraction of sp³-hybridized carbons (Fsp3) is 0.923. The standard InChI is InChI=1S/C13H25NO9S2Se/c1-26-6-4-2-3-5-9(14-23-25(19,20)21)24-13-12(18)11(17)10(16)8(7-15)22-13/h8,10-13,15-18H,2-7H2,1H3,(H,19,20,21)/b14-9-/t8-,10-,11+,12-,13+/m1/s1. The SMILES string of the molecule is C[Se]CCCCC/C(=N/OS(=O)(=O)O)S[C@@H]1O[C@H](CO)[C@@H](O)[C@H](O)[C@H]1O. The number of hydrogen-bond donors (Lipinski definition) is 5. The van der Waals surface area contributed by atoms with Crippen molar-refractivity contribution in [2.75, 3.05) is 6.61 Å². The molecule has 13 heteroatoms. The van der Waals surface area contributed by atoms with Gasteiger partial charge in [-0.2, -0.15) is 0 Å². The van der Waals surface area contributed by atoms with E-state index in [4.69, 9.17) is 9.29 Å². The molecule has 1 heterocycles. The normalized spacial score (nSPS) is 30.4. The first-order valence-corrected chi connectivity index (χ1v) is 13.1. The van der Waals surface area contributed by atoms with Gasteiger partial charge in [0.05, 0.1) is 0 Å². The molecule has 5 atom stereocenters. The molecule has 1 aliphatic rings. The quantitative estimate of drug-likeness (QED) is 0.0677. The summed E-state index contributed by atoms with van der Waals surface area (Å²) in [6.45, 7) is -0.575. The molecule has 26 heavy (non-hydrogen) atoms. The van der Waals surface area contributed by atoms with Crippen LogP contribution in [0, 0.1) is 0 Å². The molecule has 0 radical (unpaired) electrons. The van der Waals surface area contributed by atoms with Crippen LogP contribution in [0.5, 0.6) is 0 Å². The van der Waals surface area contributed by atoms with Crippen molar-refractivity contribution in [2.24, 2.45) is 5.16 Å². The molecule has 0 aliphatic carbocycles. The van der Waals surface area contributed by atoms with Crippen molar-refractivity contribution < 1.29 is 42.4 Å². The van der Waals surface area contributed by atoms with Crippen LogP contribution in [0.2, 0.25) is 11.1 Å². The molecule has 1 aliphatic heterocycles. The summed E-state index contributed by atoms with van der Waals surface area (Å²) in [5, 5.41) is 43.5. The molecule has 5 N–H and O–H groups in total. The third-order valence-corrected chi connectivity index (χ3v) is 6.47. The van der Waals surface area contributed by atoms with Gasteiger partial charge in [-0.3, -0.25) is 0 Å². The molecule has 0 amide bonds. The van der Waals surface area contributed by atoms with Crippen LogP contribution in [0.4, 0.5) is 0 Å². The Morgan fingerprint density at radius 2 is 1.88 bits per heavy atom. The summed E-state index contributed by atoms with van der Waals surface area (Å²) >= 11 is 1.38. The molecular formula is C13H25NO9S2Se. The van der Waals surface area contributed by atoms with Crippen molar-refractivity contribution in [1.82, 2.24) is 0 Å². The number of aliphatic hydroxyl groups is 4. The number of unbranched alkanes of at least 4 members (excludes halogenated alkanes) is 2. The van der Waals surface area contributed by atoms with Gasteiger partial charge in [0.2, 0.25) is 0 Å². The Morgan fingerprint density at radius 3 is 2.46 bits per heavy atom. The Labute approximate surface area is 163 Å². The first-order chi connectivity index (χ1) is 12.2. The zero-order valence-corrected chi connectivity index (χ0v) is 17.5. The number of rotatable bonds is 10. The van der Waals surface area contributed by atoms with Crippen LogP contribution < -0.4 is 0 Å². The van der Waals surface area contributed by atoms with Crippen LogP contribution in [0.15, 0.2) is 5.16 Å². The van der Waals surface area contributed by atoms with E-state index in [0.29, 0.717) is 27.8 Å². The second kappa shape index (κ2) is 11.8. The van der Waals surface area contributed by atoms with E-state index in [-0.39, 0.29) is 5.04 Å². The van der Waals surface area contributed by atoms with Crippen molar-refractivity contribution >= 4 is 42.2 Å². The second-order valence-corrected chi connectivity index (χ2v) is 9.85. The molecule has 0 aromatic carbocycles. The number of aliphatic hydroxyl groups excluding tert-OH is 4. The van der Waals surface area contributed by atoms with Crippen molar-refractivity contribution in [1.29, 1.82) is 0 Å². The monoisotopic (exact) mass is 483 g/mol. The summed E-state index contributed by atoms with van der Waals surface area (Å²) in [6.07, 6.45) is -2.71. The molecule has 10 nitrogen and oxygen atoms in total. The van der Waals surface area contributed by atoms with Crippen molar-refractivity contribution in [3.05, 3.63) is 0 Å². The maximum absolute atomic E-state index is 10.7. The zero-order chi connectivity index (χ0) is 19.7. The maximum atomic E-state index is 10.7. The van der Waals surface area contributed by atoms with Crippen molar-refractivity contribution in [3.63, 3.8) is 0 Å². The number of ether oxygens (including phenoxy) is 1. The Hall–Kier alpha value is 0.0495. The van der Waals surface area contributed by atoms with E-state index in [2.05, 4.69) is 15.3 Å². The Balaban J connectivity index is 2.76. The summed E-state index contributed by atoms with van der Waals surface area (Å²) in [4.78, 5) is 0. The molecule has 1 saturated heterocycles. The van der Waals surface area contributed by atoms with E-state index in [1.54, 1.807) is 0 Å². The average molecular weight is 482 g/mol. The molecule has 0 aromatic heterocycles. The molecule has 0 unspecified atom stereocenters. The predicted molar refractivity (Wildman–Crippen MR) is 96.3 cm³/mol. The first kappa shape index (κ1) is 24.1. The fourth-order valence-electron chi connectivity index (χ4n) is 2.21. The third kappa shape index (κ3) is 8.38. The summed E-state index contributed by atoms with van der Waals surface area (Å²) in [7, 11) is -4.78. The fourth-order valence-corrected chi connectivity index (χ4v) is 4.59. The summed E-state index contributed by atoms with van der Waals surface area (Å²) in [5.41, 5.74) is -1.10. The zero-order valence-electron chi connectivity index (χ0n) is 14.2. The van der Waals surface area contributed by atoms with E-state index < -0.39 is 46.9 Å². The van der Waals surface area contributed by atoms with Gasteiger partial charge in [0, 0.05) is 0 Å². The number of nitrogens with zero attached hydrogens (tertiary/aromatic N) is 1. The van der Waals surface area contributed by atoms with E-state index in [0.717, 1.165) is 29.9 Å². The van der Waals surface area contributed by atoms with Gasteiger partial charge in [0.25, 0.3) is 0 Å². The van der Waals surface area contributed by atoms with Gasteiger partial charge in [-0.1, -0.05) is 0 Å². The van der Waals surface area contributed by atoms with Crippen LogP contribution in [0.1, 0.15) is 25.7 Å². The molecule has 1 fully saturated rings. The van der Waals surface area contributed by atoms with Crippen LogP contribution >= 0.6 is 11.8 Å². The van der Waals surface area contributed by atoms with Crippen molar-refractivity contribution in [3.8, 4) is 0 Å². The van der Waals surface area contributed by atoms with Gasteiger partial charge in [-0.15, -0.1) is 0 Å².